The Morgan fingerprint density at radius 3 is 1.97 bits per heavy atom. The Morgan fingerprint density at radius 1 is 0.833 bits per heavy atom. The summed E-state index contributed by atoms with van der Waals surface area (Å²) in [5.41, 5.74) is 11.9. The van der Waals surface area contributed by atoms with E-state index in [9.17, 15) is 9.59 Å². The first-order valence-electron chi connectivity index (χ1n) is 10.2. The Bertz CT molecular complexity index is 1080. The van der Waals surface area contributed by atoms with Crippen molar-refractivity contribution in [3.63, 3.8) is 0 Å². The summed E-state index contributed by atoms with van der Waals surface area (Å²) in [6.45, 7) is 0.629. The second-order valence-corrected chi connectivity index (χ2v) is 8.06. The monoisotopic (exact) mass is 397 g/mol. The van der Waals surface area contributed by atoms with Crippen LogP contribution in [-0.4, -0.2) is 18.5 Å². The van der Waals surface area contributed by atoms with Gasteiger partial charge in [0, 0.05) is 29.6 Å². The van der Waals surface area contributed by atoms with Crippen LogP contribution in [0.3, 0.4) is 0 Å². The number of benzene rings is 3. The third-order valence-electron chi connectivity index (χ3n) is 6.36. The minimum atomic E-state index is -0.625. The van der Waals surface area contributed by atoms with Gasteiger partial charge in [-0.05, 0) is 58.9 Å². The van der Waals surface area contributed by atoms with Crippen LogP contribution in [-0.2, 0) is 0 Å². The topological polar surface area (TPSA) is 84.2 Å². The molecule has 0 saturated heterocycles. The molecule has 0 radical (unpaired) electrons. The van der Waals surface area contributed by atoms with E-state index in [0.717, 1.165) is 6.42 Å². The molecule has 3 aliphatic rings. The van der Waals surface area contributed by atoms with Crippen LogP contribution in [0.25, 0.3) is 0 Å². The first-order valence-corrected chi connectivity index (χ1v) is 10.2. The molecule has 0 fully saturated rings. The van der Waals surface area contributed by atoms with E-state index in [4.69, 9.17) is 5.73 Å². The lowest BCUT2D eigenvalue weighted by atomic mass is 9.59. The van der Waals surface area contributed by atoms with Gasteiger partial charge in [0.1, 0.15) is 0 Å². The van der Waals surface area contributed by atoms with Crippen molar-refractivity contribution in [1.82, 2.24) is 5.32 Å². The van der Waals surface area contributed by atoms with Gasteiger partial charge in [0.25, 0.3) is 5.91 Å². The van der Waals surface area contributed by atoms with Crippen LogP contribution in [0.4, 0.5) is 10.5 Å². The quantitative estimate of drug-likeness (QED) is 0.616. The van der Waals surface area contributed by atoms with Crippen molar-refractivity contribution < 1.29 is 9.59 Å². The van der Waals surface area contributed by atoms with Gasteiger partial charge in [-0.1, -0.05) is 48.5 Å². The number of primary amides is 1. The van der Waals surface area contributed by atoms with Gasteiger partial charge in [0.2, 0.25) is 0 Å². The average Bonchev–Trinajstić information content (AvgIpc) is 2.78. The molecular formula is C25H23N3O2. The summed E-state index contributed by atoms with van der Waals surface area (Å²) in [6.07, 6.45) is 1.04. The Kier molecular flexibility index (Phi) is 4.51. The van der Waals surface area contributed by atoms with E-state index in [1.54, 1.807) is 24.3 Å². The lowest BCUT2D eigenvalue weighted by Gasteiger charge is -2.45. The van der Waals surface area contributed by atoms with Crippen LogP contribution in [0, 0.1) is 5.92 Å². The number of hydrogen-bond donors (Lipinski definition) is 3. The second-order valence-electron chi connectivity index (χ2n) is 8.06. The van der Waals surface area contributed by atoms with Gasteiger partial charge < -0.3 is 16.4 Å². The van der Waals surface area contributed by atoms with Crippen molar-refractivity contribution in [2.24, 2.45) is 11.7 Å². The number of rotatable bonds is 4. The molecule has 30 heavy (non-hydrogen) atoms. The Morgan fingerprint density at radius 2 is 1.40 bits per heavy atom. The summed E-state index contributed by atoms with van der Waals surface area (Å²) >= 11 is 0. The van der Waals surface area contributed by atoms with Crippen molar-refractivity contribution >= 4 is 17.6 Å². The normalized spacial score (nSPS) is 20.7. The standard InChI is InChI=1S/C25H23N3O2/c26-25(30)28-17-11-9-15(10-12-17)24(29)27-14-16-13-22-18-5-1-3-7-20(18)23(16)21-8-4-2-6-19(21)22/h1-12,16,22-23H,13-14H2,(H,27,29)(H3,26,28,30). The number of hydrogen-bond acceptors (Lipinski definition) is 2. The first kappa shape index (κ1) is 18.4. The van der Waals surface area contributed by atoms with Gasteiger partial charge in [0.05, 0.1) is 0 Å². The Balaban J connectivity index is 1.34. The fourth-order valence-corrected chi connectivity index (χ4v) is 5.13. The van der Waals surface area contributed by atoms with E-state index in [1.165, 1.54) is 22.3 Å². The van der Waals surface area contributed by atoms with E-state index in [0.29, 0.717) is 35.5 Å². The molecule has 4 N–H and O–H groups in total. The average molecular weight is 397 g/mol. The maximum absolute atomic E-state index is 12.7. The zero-order valence-corrected chi connectivity index (χ0v) is 16.5. The predicted molar refractivity (Wildman–Crippen MR) is 117 cm³/mol. The van der Waals surface area contributed by atoms with Gasteiger partial charge in [-0.3, -0.25) is 4.79 Å². The number of fused-ring (bicyclic) bond motifs is 1. The van der Waals surface area contributed by atoms with E-state index in [1.807, 2.05) is 0 Å². The third kappa shape index (κ3) is 3.12. The minimum absolute atomic E-state index is 0.108. The molecule has 5 nitrogen and oxygen atoms in total. The fourth-order valence-electron chi connectivity index (χ4n) is 5.13. The number of carbonyl (C=O) groups is 2. The number of nitrogens with one attached hydrogen (secondary N) is 2. The van der Waals surface area contributed by atoms with E-state index in [2.05, 4.69) is 59.2 Å². The largest absolute Gasteiger partial charge is 0.352 e. The third-order valence-corrected chi connectivity index (χ3v) is 6.36. The maximum Gasteiger partial charge on any atom is 0.316 e. The molecule has 3 amide bonds. The number of nitrogens with two attached hydrogens (primary N) is 1. The van der Waals surface area contributed by atoms with Crippen molar-refractivity contribution in [2.45, 2.75) is 18.3 Å². The van der Waals surface area contributed by atoms with Crippen molar-refractivity contribution in [1.29, 1.82) is 0 Å². The number of carbonyl (C=O) groups excluding carboxylic acids is 2. The maximum atomic E-state index is 12.7. The van der Waals surface area contributed by atoms with Crippen LogP contribution in [0.5, 0.6) is 0 Å². The molecule has 3 aromatic carbocycles. The molecule has 150 valence electrons. The van der Waals surface area contributed by atoms with Gasteiger partial charge >= 0.3 is 6.03 Å². The van der Waals surface area contributed by atoms with Crippen LogP contribution >= 0.6 is 0 Å². The highest BCUT2D eigenvalue weighted by molar-refractivity contribution is 5.95. The Labute approximate surface area is 175 Å². The van der Waals surface area contributed by atoms with Crippen LogP contribution in [0.15, 0.2) is 72.8 Å². The molecule has 0 spiro atoms. The number of anilines is 1. The molecule has 0 heterocycles. The molecule has 0 saturated carbocycles. The zero-order valence-electron chi connectivity index (χ0n) is 16.5. The highest BCUT2D eigenvalue weighted by atomic mass is 16.2. The lowest BCUT2D eigenvalue weighted by molar-refractivity contribution is 0.0943. The molecule has 1 unspecified atom stereocenters. The minimum Gasteiger partial charge on any atom is -0.352 e. The predicted octanol–water partition coefficient (Wildman–Crippen LogP) is 4.20. The Hall–Kier alpha value is -3.60. The molecular weight excluding hydrogens is 374 g/mol. The smallest absolute Gasteiger partial charge is 0.316 e. The van der Waals surface area contributed by atoms with Crippen molar-refractivity contribution in [2.75, 3.05) is 11.9 Å². The number of amides is 3. The van der Waals surface area contributed by atoms with Gasteiger partial charge in [0.15, 0.2) is 0 Å². The fraction of sp³-hybridized carbons (Fsp3) is 0.200. The summed E-state index contributed by atoms with van der Waals surface area (Å²) in [7, 11) is 0. The van der Waals surface area contributed by atoms with E-state index < -0.39 is 6.03 Å². The number of urea groups is 1. The molecule has 6 rings (SSSR count). The summed E-state index contributed by atoms with van der Waals surface area (Å²) in [6, 6.07) is 23.5. The zero-order chi connectivity index (χ0) is 20.7. The SMILES string of the molecule is NC(=O)Nc1ccc(C(=O)NCC2CC3c4ccccc4C2c2ccccc23)cc1. The van der Waals surface area contributed by atoms with Gasteiger partial charge in [-0.15, -0.1) is 0 Å². The highest BCUT2D eigenvalue weighted by Crippen LogP contribution is 2.55. The second kappa shape index (κ2) is 7.34. The molecule has 3 aliphatic carbocycles. The molecule has 0 aromatic heterocycles. The lowest BCUT2D eigenvalue weighted by Crippen LogP contribution is -2.39. The summed E-state index contributed by atoms with van der Waals surface area (Å²) < 4.78 is 0. The van der Waals surface area contributed by atoms with Crippen molar-refractivity contribution in [3.8, 4) is 0 Å². The summed E-state index contributed by atoms with van der Waals surface area (Å²) in [4.78, 5) is 23.6. The van der Waals surface area contributed by atoms with Crippen molar-refractivity contribution in [3.05, 3.63) is 101 Å². The van der Waals surface area contributed by atoms with Crippen LogP contribution in [0.1, 0.15) is 50.9 Å². The van der Waals surface area contributed by atoms with Crippen LogP contribution in [0.2, 0.25) is 0 Å². The summed E-state index contributed by atoms with van der Waals surface area (Å²) in [5, 5.41) is 5.62. The molecule has 5 heteroatoms. The van der Waals surface area contributed by atoms with E-state index >= 15 is 0 Å². The molecule has 2 bridgehead atoms. The molecule has 1 atom stereocenters. The summed E-state index contributed by atoms with van der Waals surface area (Å²) in [5.74, 6) is 0.955. The first-order chi connectivity index (χ1) is 14.6. The van der Waals surface area contributed by atoms with E-state index in [-0.39, 0.29) is 5.91 Å². The van der Waals surface area contributed by atoms with Crippen LogP contribution < -0.4 is 16.4 Å². The highest BCUT2D eigenvalue weighted by Gasteiger charge is 2.42. The van der Waals surface area contributed by atoms with Gasteiger partial charge in [-0.2, -0.15) is 0 Å². The molecule has 0 aliphatic heterocycles. The van der Waals surface area contributed by atoms with Gasteiger partial charge in [-0.25, -0.2) is 4.79 Å². The molecule has 3 aromatic rings.